The van der Waals surface area contributed by atoms with Crippen LogP contribution in [-0.4, -0.2) is 35.9 Å². The zero-order valence-electron chi connectivity index (χ0n) is 14.2. The summed E-state index contributed by atoms with van der Waals surface area (Å²) >= 11 is 2.14. The van der Waals surface area contributed by atoms with Crippen LogP contribution >= 0.6 is 22.6 Å². The second-order valence-corrected chi connectivity index (χ2v) is 7.63. The monoisotopic (exact) mass is 477 g/mol. The van der Waals surface area contributed by atoms with Gasteiger partial charge in [-0.25, -0.2) is 4.79 Å². The molecule has 2 heterocycles. The molecule has 1 atom stereocenters. The van der Waals surface area contributed by atoms with E-state index in [9.17, 15) is 14.4 Å². The fourth-order valence-electron chi connectivity index (χ4n) is 3.43. The number of urea groups is 1. The number of nitrogens with one attached hydrogen (secondary N) is 2. The first-order valence-electron chi connectivity index (χ1n) is 8.41. The summed E-state index contributed by atoms with van der Waals surface area (Å²) in [7, 11) is 0. The summed E-state index contributed by atoms with van der Waals surface area (Å²) in [5, 5.41) is 5.50. The molecule has 1 saturated heterocycles. The van der Waals surface area contributed by atoms with Gasteiger partial charge in [-0.2, -0.15) is 0 Å². The zero-order valence-corrected chi connectivity index (χ0v) is 16.4. The van der Waals surface area contributed by atoms with Crippen LogP contribution in [0.3, 0.4) is 0 Å². The maximum absolute atomic E-state index is 13.1. The first kappa shape index (κ1) is 17.8. The molecule has 2 aromatic carbocycles. The molecule has 0 unspecified atom stereocenters. The molecule has 27 heavy (non-hydrogen) atoms. The van der Waals surface area contributed by atoms with Gasteiger partial charge in [0.25, 0.3) is 5.91 Å². The van der Waals surface area contributed by atoms with Gasteiger partial charge in [-0.15, -0.1) is 0 Å². The quantitative estimate of drug-likeness (QED) is 0.526. The summed E-state index contributed by atoms with van der Waals surface area (Å²) in [6, 6.07) is 13.8. The third-order valence-electron chi connectivity index (χ3n) is 4.67. The van der Waals surface area contributed by atoms with Crippen molar-refractivity contribution in [2.24, 2.45) is 0 Å². The second-order valence-electron chi connectivity index (χ2n) is 6.38. The number of benzene rings is 2. The normalized spacial score (nSPS) is 20.9. The van der Waals surface area contributed by atoms with Crippen LogP contribution in [0.25, 0.3) is 0 Å². The van der Waals surface area contributed by atoms with Crippen molar-refractivity contribution in [2.75, 3.05) is 18.5 Å². The van der Waals surface area contributed by atoms with Gasteiger partial charge in [0.1, 0.15) is 12.3 Å². The highest BCUT2D eigenvalue weighted by Gasteiger charge is 2.55. The third kappa shape index (κ3) is 3.14. The number of rotatable bonds is 3. The molecule has 4 rings (SSSR count). The Labute approximate surface area is 169 Å². The van der Waals surface area contributed by atoms with Crippen molar-refractivity contribution >= 4 is 46.1 Å². The predicted molar refractivity (Wildman–Crippen MR) is 106 cm³/mol. The maximum Gasteiger partial charge on any atom is 0.325 e. The molecule has 2 N–H and O–H groups in total. The molecule has 0 aliphatic carbocycles. The molecule has 7 nitrogen and oxygen atoms in total. The Morgan fingerprint density at radius 1 is 1.22 bits per heavy atom. The van der Waals surface area contributed by atoms with E-state index in [1.807, 2.05) is 18.2 Å². The van der Waals surface area contributed by atoms with Gasteiger partial charge in [0.15, 0.2) is 5.54 Å². The van der Waals surface area contributed by atoms with Crippen LogP contribution in [0.5, 0.6) is 5.75 Å². The molecule has 1 fully saturated rings. The highest BCUT2D eigenvalue weighted by atomic mass is 127. The van der Waals surface area contributed by atoms with E-state index in [1.165, 1.54) is 0 Å². The minimum atomic E-state index is -1.17. The summed E-state index contributed by atoms with van der Waals surface area (Å²) in [6.45, 7) is -0.0353. The van der Waals surface area contributed by atoms with Crippen LogP contribution in [0, 0.1) is 3.57 Å². The molecule has 0 radical (unpaired) electrons. The van der Waals surface area contributed by atoms with E-state index in [-0.39, 0.29) is 6.54 Å². The summed E-state index contributed by atoms with van der Waals surface area (Å²) in [5.74, 6) is -0.290. The molecule has 0 aromatic heterocycles. The highest BCUT2D eigenvalue weighted by Crippen LogP contribution is 2.40. The molecule has 2 aliphatic rings. The predicted octanol–water partition coefficient (Wildman–Crippen LogP) is 2.46. The zero-order chi connectivity index (χ0) is 19.0. The molecular formula is C19H16IN3O4. The number of ether oxygens (including phenoxy) is 1. The second kappa shape index (κ2) is 6.84. The van der Waals surface area contributed by atoms with Gasteiger partial charge in [0, 0.05) is 21.2 Å². The average molecular weight is 477 g/mol. The SMILES string of the molecule is O=C(CN1C(=O)N[C@]2(CCOc3ccccc32)C1=O)Nc1cccc(I)c1. The number of carbonyl (C=O) groups is 3. The molecule has 4 amide bonds. The lowest BCUT2D eigenvalue weighted by Gasteiger charge is -2.33. The number of anilines is 1. The maximum atomic E-state index is 13.1. The number of para-hydroxylation sites is 1. The summed E-state index contributed by atoms with van der Waals surface area (Å²) in [6.07, 6.45) is 0.323. The van der Waals surface area contributed by atoms with Crippen molar-refractivity contribution in [1.29, 1.82) is 0 Å². The van der Waals surface area contributed by atoms with Crippen molar-refractivity contribution in [3.63, 3.8) is 0 Å². The van der Waals surface area contributed by atoms with Crippen molar-refractivity contribution in [1.82, 2.24) is 10.2 Å². The van der Waals surface area contributed by atoms with E-state index >= 15 is 0 Å². The fourth-order valence-corrected chi connectivity index (χ4v) is 3.97. The van der Waals surface area contributed by atoms with Crippen LogP contribution in [0.15, 0.2) is 48.5 Å². The molecule has 2 aromatic rings. The van der Waals surface area contributed by atoms with Crippen LogP contribution in [-0.2, 0) is 15.1 Å². The number of amides is 4. The van der Waals surface area contributed by atoms with Gasteiger partial charge < -0.3 is 15.4 Å². The van der Waals surface area contributed by atoms with Crippen molar-refractivity contribution in [3.8, 4) is 5.75 Å². The van der Waals surface area contributed by atoms with Gasteiger partial charge in [0.2, 0.25) is 5.91 Å². The Bertz CT molecular complexity index is 948. The Morgan fingerprint density at radius 3 is 2.85 bits per heavy atom. The number of imide groups is 1. The molecule has 138 valence electrons. The number of halogens is 1. The first-order valence-corrected chi connectivity index (χ1v) is 9.49. The van der Waals surface area contributed by atoms with E-state index in [2.05, 4.69) is 33.2 Å². The molecule has 1 spiro atoms. The van der Waals surface area contributed by atoms with Gasteiger partial charge >= 0.3 is 6.03 Å². The van der Waals surface area contributed by atoms with E-state index in [1.54, 1.807) is 30.3 Å². The average Bonchev–Trinajstić information content (AvgIpc) is 2.87. The lowest BCUT2D eigenvalue weighted by atomic mass is 9.84. The summed E-state index contributed by atoms with van der Waals surface area (Å²) in [4.78, 5) is 38.9. The highest BCUT2D eigenvalue weighted by molar-refractivity contribution is 14.1. The number of hydrogen-bond donors (Lipinski definition) is 2. The Balaban J connectivity index is 1.55. The van der Waals surface area contributed by atoms with Crippen LogP contribution < -0.4 is 15.4 Å². The molecule has 0 bridgehead atoms. The number of hydrogen-bond acceptors (Lipinski definition) is 4. The van der Waals surface area contributed by atoms with Gasteiger partial charge in [0.05, 0.1) is 6.61 Å². The van der Waals surface area contributed by atoms with Gasteiger partial charge in [-0.3, -0.25) is 14.5 Å². The van der Waals surface area contributed by atoms with Gasteiger partial charge in [-0.05, 0) is 46.9 Å². The topological polar surface area (TPSA) is 87.7 Å². The third-order valence-corrected chi connectivity index (χ3v) is 5.34. The van der Waals surface area contributed by atoms with Crippen molar-refractivity contribution < 1.29 is 19.1 Å². The van der Waals surface area contributed by atoms with E-state index in [0.29, 0.717) is 30.0 Å². The van der Waals surface area contributed by atoms with E-state index in [0.717, 1.165) is 8.47 Å². The Hall–Kier alpha value is -2.62. The summed E-state index contributed by atoms with van der Waals surface area (Å²) in [5.41, 5.74) is 0.0640. The van der Waals surface area contributed by atoms with Crippen LogP contribution in [0.4, 0.5) is 10.5 Å². The number of fused-ring (bicyclic) bond motifs is 2. The summed E-state index contributed by atoms with van der Waals surface area (Å²) < 4.78 is 6.57. The number of carbonyl (C=O) groups excluding carboxylic acids is 3. The van der Waals surface area contributed by atoms with E-state index < -0.39 is 23.4 Å². The molecule has 8 heteroatoms. The van der Waals surface area contributed by atoms with Crippen LogP contribution in [0.1, 0.15) is 12.0 Å². The number of nitrogens with zero attached hydrogens (tertiary/aromatic N) is 1. The fraction of sp³-hybridized carbons (Fsp3) is 0.211. The Morgan fingerprint density at radius 2 is 2.04 bits per heavy atom. The smallest absolute Gasteiger partial charge is 0.325 e. The van der Waals surface area contributed by atoms with Crippen molar-refractivity contribution in [3.05, 3.63) is 57.7 Å². The standard InChI is InChI=1S/C19H16IN3O4/c20-12-4-3-5-13(10-12)21-16(24)11-23-17(25)19(22-18(23)26)8-9-27-15-7-2-1-6-14(15)19/h1-7,10H,8-9,11H2,(H,21,24)(H,22,26)/t19-/m0/s1. The minimum absolute atomic E-state index is 0.311. The first-order chi connectivity index (χ1) is 13.0. The lowest BCUT2D eigenvalue weighted by molar-refractivity contribution is -0.135. The van der Waals surface area contributed by atoms with Gasteiger partial charge in [-0.1, -0.05) is 24.3 Å². The Kier molecular flexibility index (Phi) is 4.50. The lowest BCUT2D eigenvalue weighted by Crippen LogP contribution is -2.48. The molecule has 2 aliphatic heterocycles. The molecular weight excluding hydrogens is 461 g/mol. The van der Waals surface area contributed by atoms with E-state index in [4.69, 9.17) is 4.74 Å². The van der Waals surface area contributed by atoms with Crippen molar-refractivity contribution in [2.45, 2.75) is 12.0 Å². The van der Waals surface area contributed by atoms with Crippen LogP contribution in [0.2, 0.25) is 0 Å². The minimum Gasteiger partial charge on any atom is -0.493 e. The molecule has 0 saturated carbocycles. The largest absolute Gasteiger partial charge is 0.493 e.